The lowest BCUT2D eigenvalue weighted by molar-refractivity contribution is 0.419. The largest absolute Gasteiger partial charge is 0.505 e. The number of aliphatic imine (C=N–C) groups is 1. The van der Waals surface area contributed by atoms with Crippen LogP contribution in [0.25, 0.3) is 0 Å². The Morgan fingerprint density at radius 1 is 1.36 bits per heavy atom. The number of guanidine groups is 1. The van der Waals surface area contributed by atoms with Crippen LogP contribution in [0.1, 0.15) is 45.1 Å². The van der Waals surface area contributed by atoms with Gasteiger partial charge in [-0.15, -0.1) is 24.0 Å². The Bertz CT molecular complexity index is 557. The van der Waals surface area contributed by atoms with E-state index in [1.54, 1.807) is 6.07 Å². The Balaban J connectivity index is 0.00000312. The van der Waals surface area contributed by atoms with Crippen LogP contribution in [0, 0.1) is 5.82 Å². The third-order valence-corrected chi connectivity index (χ3v) is 5.38. The van der Waals surface area contributed by atoms with Crippen LogP contribution < -0.4 is 10.6 Å². The zero-order valence-corrected chi connectivity index (χ0v) is 18.1. The monoisotopic (exact) mass is 481 g/mol. The van der Waals surface area contributed by atoms with Crippen molar-refractivity contribution in [2.75, 3.05) is 12.3 Å². The molecule has 25 heavy (non-hydrogen) atoms. The minimum Gasteiger partial charge on any atom is -0.505 e. The number of rotatable bonds is 6. The zero-order valence-electron chi connectivity index (χ0n) is 14.9. The average Bonchev–Trinajstić information content (AvgIpc) is 2.56. The second-order valence-electron chi connectivity index (χ2n) is 6.07. The van der Waals surface area contributed by atoms with Crippen molar-refractivity contribution in [3.05, 3.63) is 29.6 Å². The maximum Gasteiger partial charge on any atom is 0.191 e. The molecule has 3 N–H and O–H groups in total. The summed E-state index contributed by atoms with van der Waals surface area (Å²) in [5, 5.41) is 16.8. The number of nitrogens with zero attached hydrogens (tertiary/aromatic N) is 1. The maximum absolute atomic E-state index is 13.4. The lowest BCUT2D eigenvalue weighted by Crippen LogP contribution is -2.45. The number of hydrogen-bond acceptors (Lipinski definition) is 3. The van der Waals surface area contributed by atoms with Crippen LogP contribution in [0.2, 0.25) is 0 Å². The molecule has 0 radical (unpaired) electrons. The smallest absolute Gasteiger partial charge is 0.191 e. The number of phenols is 1. The van der Waals surface area contributed by atoms with E-state index in [0.29, 0.717) is 12.6 Å². The highest BCUT2D eigenvalue weighted by atomic mass is 127. The van der Waals surface area contributed by atoms with Crippen molar-refractivity contribution in [3.63, 3.8) is 0 Å². The van der Waals surface area contributed by atoms with E-state index < -0.39 is 5.82 Å². The number of benzene rings is 1. The van der Waals surface area contributed by atoms with Gasteiger partial charge in [0.2, 0.25) is 0 Å². The molecule has 0 bridgehead atoms. The molecule has 0 aromatic heterocycles. The molecule has 2 atom stereocenters. The van der Waals surface area contributed by atoms with E-state index in [1.807, 2.05) is 18.7 Å². The van der Waals surface area contributed by atoms with Gasteiger partial charge in [0.15, 0.2) is 17.5 Å². The zero-order chi connectivity index (χ0) is 17.4. The van der Waals surface area contributed by atoms with Gasteiger partial charge in [-0.2, -0.15) is 11.8 Å². The van der Waals surface area contributed by atoms with E-state index in [0.717, 1.165) is 35.5 Å². The molecular weight excluding hydrogens is 452 g/mol. The van der Waals surface area contributed by atoms with E-state index >= 15 is 0 Å². The Morgan fingerprint density at radius 3 is 2.84 bits per heavy atom. The molecule has 0 saturated heterocycles. The van der Waals surface area contributed by atoms with E-state index in [1.165, 1.54) is 31.4 Å². The summed E-state index contributed by atoms with van der Waals surface area (Å²) in [6.07, 6.45) is 4.88. The highest BCUT2D eigenvalue weighted by molar-refractivity contribution is 14.0. The fraction of sp³-hybridized carbons (Fsp3) is 0.611. The van der Waals surface area contributed by atoms with E-state index in [-0.39, 0.29) is 29.7 Å². The molecule has 0 amide bonds. The number of thioether (sulfide) groups is 1. The Morgan fingerprint density at radius 2 is 2.16 bits per heavy atom. The molecular formula is C18H29FIN3OS. The summed E-state index contributed by atoms with van der Waals surface area (Å²) in [5.74, 6) is 1.01. The van der Waals surface area contributed by atoms with E-state index in [9.17, 15) is 9.50 Å². The van der Waals surface area contributed by atoms with Crippen LogP contribution in [0.5, 0.6) is 5.75 Å². The number of nitrogens with one attached hydrogen (secondary N) is 2. The van der Waals surface area contributed by atoms with Gasteiger partial charge < -0.3 is 15.7 Å². The van der Waals surface area contributed by atoms with Crippen molar-refractivity contribution >= 4 is 41.7 Å². The lowest BCUT2D eigenvalue weighted by atomic mass is 9.95. The molecule has 7 heteroatoms. The van der Waals surface area contributed by atoms with Gasteiger partial charge in [0.25, 0.3) is 0 Å². The lowest BCUT2D eigenvalue weighted by Gasteiger charge is -2.30. The fourth-order valence-corrected chi connectivity index (χ4v) is 4.17. The molecule has 1 saturated carbocycles. The molecule has 1 fully saturated rings. The van der Waals surface area contributed by atoms with Gasteiger partial charge >= 0.3 is 0 Å². The maximum atomic E-state index is 13.4. The molecule has 4 nitrogen and oxygen atoms in total. The first-order chi connectivity index (χ1) is 11.6. The third kappa shape index (κ3) is 7.60. The summed E-state index contributed by atoms with van der Waals surface area (Å²) in [5.41, 5.74) is 0.741. The van der Waals surface area contributed by atoms with Crippen LogP contribution in [0.15, 0.2) is 23.2 Å². The minimum atomic E-state index is -0.604. The van der Waals surface area contributed by atoms with Gasteiger partial charge in [0.05, 0.1) is 6.54 Å². The molecule has 1 aromatic rings. The van der Waals surface area contributed by atoms with Crippen molar-refractivity contribution in [1.82, 2.24) is 10.6 Å². The SMILES string of the molecule is CCNC(=NCc1ccc(O)c(F)c1)NC1CCCC(SCC)C1.I. The molecule has 0 spiro atoms. The standard InChI is InChI=1S/C18H28FN3OS.HI/c1-3-20-18(21-12-13-8-9-17(23)16(19)10-13)22-14-6-5-7-15(11-14)24-4-2;/h8-10,14-15,23H,3-7,11-12H2,1-2H3,(H2,20,21,22);1H. The number of phenolic OH excluding ortho intramolecular Hbond substituents is 1. The molecule has 1 aromatic carbocycles. The van der Waals surface area contributed by atoms with E-state index in [2.05, 4.69) is 22.5 Å². The van der Waals surface area contributed by atoms with Gasteiger partial charge in [-0.05, 0) is 49.6 Å². The number of hydrogen-bond donors (Lipinski definition) is 3. The van der Waals surface area contributed by atoms with Gasteiger partial charge in [0, 0.05) is 17.8 Å². The Kier molecular flexibility index (Phi) is 10.6. The normalized spacial score (nSPS) is 20.7. The van der Waals surface area contributed by atoms with Crippen molar-refractivity contribution in [2.24, 2.45) is 4.99 Å². The first-order valence-corrected chi connectivity index (χ1v) is 9.81. The highest BCUT2D eigenvalue weighted by Gasteiger charge is 2.22. The molecule has 142 valence electrons. The van der Waals surface area contributed by atoms with E-state index in [4.69, 9.17) is 0 Å². The van der Waals surface area contributed by atoms with Gasteiger partial charge in [-0.1, -0.05) is 19.4 Å². The van der Waals surface area contributed by atoms with Crippen LogP contribution in [0.4, 0.5) is 4.39 Å². The molecule has 0 aliphatic heterocycles. The predicted octanol–water partition coefficient (Wildman–Crippen LogP) is 4.27. The molecule has 2 unspecified atom stereocenters. The number of aromatic hydroxyl groups is 1. The third-order valence-electron chi connectivity index (χ3n) is 4.15. The second-order valence-corrected chi connectivity index (χ2v) is 7.64. The molecule has 0 heterocycles. The van der Waals surface area contributed by atoms with Crippen LogP contribution >= 0.6 is 35.7 Å². The summed E-state index contributed by atoms with van der Waals surface area (Å²) in [6, 6.07) is 4.84. The average molecular weight is 481 g/mol. The summed E-state index contributed by atoms with van der Waals surface area (Å²) in [7, 11) is 0. The predicted molar refractivity (Wildman–Crippen MR) is 116 cm³/mol. The quantitative estimate of drug-likeness (QED) is 0.323. The first kappa shape index (κ1) is 22.3. The van der Waals surface area contributed by atoms with Gasteiger partial charge in [-0.25, -0.2) is 9.38 Å². The summed E-state index contributed by atoms with van der Waals surface area (Å²) >= 11 is 2.04. The summed E-state index contributed by atoms with van der Waals surface area (Å²) in [6.45, 7) is 5.42. The van der Waals surface area contributed by atoms with Crippen molar-refractivity contribution < 1.29 is 9.50 Å². The van der Waals surface area contributed by atoms with Crippen LogP contribution in [-0.4, -0.2) is 34.7 Å². The summed E-state index contributed by atoms with van der Waals surface area (Å²) in [4.78, 5) is 4.56. The Hall–Kier alpha value is -0.700. The van der Waals surface area contributed by atoms with Crippen molar-refractivity contribution in [1.29, 1.82) is 0 Å². The molecule has 2 rings (SSSR count). The minimum absolute atomic E-state index is 0. The number of halogens is 2. The first-order valence-electron chi connectivity index (χ1n) is 8.76. The summed E-state index contributed by atoms with van der Waals surface area (Å²) < 4.78 is 13.4. The van der Waals surface area contributed by atoms with Gasteiger partial charge in [0.1, 0.15) is 0 Å². The second kappa shape index (κ2) is 11.8. The van der Waals surface area contributed by atoms with Crippen molar-refractivity contribution in [3.8, 4) is 5.75 Å². The Labute approximate surface area is 171 Å². The van der Waals surface area contributed by atoms with Crippen LogP contribution in [0.3, 0.4) is 0 Å². The van der Waals surface area contributed by atoms with Gasteiger partial charge in [-0.3, -0.25) is 0 Å². The van der Waals surface area contributed by atoms with Crippen LogP contribution in [-0.2, 0) is 6.54 Å². The highest BCUT2D eigenvalue weighted by Crippen LogP contribution is 2.28. The van der Waals surface area contributed by atoms with Crippen molar-refractivity contribution in [2.45, 2.75) is 57.4 Å². The fourth-order valence-electron chi connectivity index (χ4n) is 3.00. The molecule has 1 aliphatic carbocycles. The molecule has 1 aliphatic rings. The topological polar surface area (TPSA) is 56.7 Å².